The Kier molecular flexibility index (Phi) is 3.42. The second-order valence-electron chi connectivity index (χ2n) is 4.20. The first-order chi connectivity index (χ1) is 8.09. The molecular weight excluding hydrogens is 240 g/mol. The van der Waals surface area contributed by atoms with Crippen LogP contribution < -0.4 is 0 Å². The number of carboxylic acids is 1. The standard InChI is InChI=1S/C11H14N2O3S/c1-7-9(17-6-12-7)10(14)13-4-2-3-8(5-13)11(15)16/h6,8H,2-5H2,1H3,(H,15,16). The molecule has 1 N–H and O–H groups in total. The maximum atomic E-state index is 12.2. The molecule has 1 aliphatic rings. The van der Waals surface area contributed by atoms with Gasteiger partial charge in [0, 0.05) is 13.1 Å². The predicted octanol–water partition coefficient (Wildman–Crippen LogP) is 1.39. The van der Waals surface area contributed by atoms with Crippen molar-refractivity contribution < 1.29 is 14.7 Å². The highest BCUT2D eigenvalue weighted by molar-refractivity contribution is 7.11. The van der Waals surface area contributed by atoms with Gasteiger partial charge in [0.1, 0.15) is 4.88 Å². The number of aryl methyl sites for hydroxylation is 1. The summed E-state index contributed by atoms with van der Waals surface area (Å²) in [5.41, 5.74) is 2.36. The topological polar surface area (TPSA) is 70.5 Å². The molecule has 0 radical (unpaired) electrons. The maximum absolute atomic E-state index is 12.2. The van der Waals surface area contributed by atoms with Crippen LogP contribution in [-0.4, -0.2) is 40.0 Å². The highest BCUT2D eigenvalue weighted by atomic mass is 32.1. The SMILES string of the molecule is Cc1ncsc1C(=O)N1CCCC(C(=O)O)C1. The molecule has 0 spiro atoms. The number of carbonyl (C=O) groups is 2. The van der Waals surface area contributed by atoms with E-state index in [1.165, 1.54) is 11.3 Å². The van der Waals surface area contributed by atoms with Gasteiger partial charge < -0.3 is 10.0 Å². The Balaban J connectivity index is 2.10. The van der Waals surface area contributed by atoms with Gasteiger partial charge >= 0.3 is 5.97 Å². The number of carboxylic acid groups (broad SMARTS) is 1. The van der Waals surface area contributed by atoms with Crippen LogP contribution in [0.4, 0.5) is 0 Å². The van der Waals surface area contributed by atoms with Crippen molar-refractivity contribution in [3.63, 3.8) is 0 Å². The summed E-state index contributed by atoms with van der Waals surface area (Å²) in [6, 6.07) is 0. The van der Waals surface area contributed by atoms with Crippen LogP contribution in [0.5, 0.6) is 0 Å². The molecule has 1 saturated heterocycles. The van der Waals surface area contributed by atoms with Crippen molar-refractivity contribution in [2.24, 2.45) is 5.92 Å². The fourth-order valence-corrected chi connectivity index (χ4v) is 2.78. The van der Waals surface area contributed by atoms with Gasteiger partial charge in [0.2, 0.25) is 0 Å². The second-order valence-corrected chi connectivity index (χ2v) is 5.05. The highest BCUT2D eigenvalue weighted by Gasteiger charge is 2.29. The minimum Gasteiger partial charge on any atom is -0.481 e. The highest BCUT2D eigenvalue weighted by Crippen LogP contribution is 2.21. The normalized spacial score (nSPS) is 20.3. The van der Waals surface area contributed by atoms with Crippen LogP contribution in [0.2, 0.25) is 0 Å². The van der Waals surface area contributed by atoms with E-state index in [2.05, 4.69) is 4.98 Å². The largest absolute Gasteiger partial charge is 0.481 e. The lowest BCUT2D eigenvalue weighted by atomic mass is 9.98. The monoisotopic (exact) mass is 254 g/mol. The van der Waals surface area contributed by atoms with Crippen molar-refractivity contribution in [3.8, 4) is 0 Å². The number of rotatable bonds is 2. The van der Waals surface area contributed by atoms with Crippen molar-refractivity contribution in [3.05, 3.63) is 16.1 Å². The zero-order valence-electron chi connectivity index (χ0n) is 9.55. The van der Waals surface area contributed by atoms with Gasteiger partial charge in [0.05, 0.1) is 17.1 Å². The van der Waals surface area contributed by atoms with Crippen molar-refractivity contribution in [2.45, 2.75) is 19.8 Å². The number of amides is 1. The first kappa shape index (κ1) is 12.0. The van der Waals surface area contributed by atoms with Crippen molar-refractivity contribution in [2.75, 3.05) is 13.1 Å². The number of likely N-dealkylation sites (tertiary alicyclic amines) is 1. The summed E-state index contributed by atoms with van der Waals surface area (Å²) in [4.78, 5) is 29.4. The Morgan fingerprint density at radius 2 is 2.35 bits per heavy atom. The number of aromatic nitrogens is 1. The van der Waals surface area contributed by atoms with Gasteiger partial charge in [-0.05, 0) is 19.8 Å². The number of aliphatic carboxylic acids is 1. The van der Waals surface area contributed by atoms with Gasteiger partial charge in [-0.3, -0.25) is 9.59 Å². The Morgan fingerprint density at radius 1 is 1.59 bits per heavy atom. The fraction of sp³-hybridized carbons (Fsp3) is 0.545. The van der Waals surface area contributed by atoms with Crippen LogP contribution in [0.1, 0.15) is 28.2 Å². The smallest absolute Gasteiger partial charge is 0.308 e. The minimum atomic E-state index is -0.816. The molecule has 1 amide bonds. The molecule has 92 valence electrons. The van der Waals surface area contributed by atoms with Gasteiger partial charge in [-0.15, -0.1) is 11.3 Å². The summed E-state index contributed by atoms with van der Waals surface area (Å²) in [6.45, 7) is 2.74. The van der Waals surface area contributed by atoms with E-state index in [0.29, 0.717) is 24.4 Å². The third-order valence-electron chi connectivity index (χ3n) is 3.00. The number of nitrogens with zero attached hydrogens (tertiary/aromatic N) is 2. The molecule has 1 aromatic heterocycles. The zero-order chi connectivity index (χ0) is 12.4. The average molecular weight is 254 g/mol. The van der Waals surface area contributed by atoms with E-state index >= 15 is 0 Å². The Hall–Kier alpha value is -1.43. The molecule has 0 aliphatic carbocycles. The Morgan fingerprint density at radius 3 is 2.94 bits per heavy atom. The van der Waals surface area contributed by atoms with Gasteiger partial charge in [0.25, 0.3) is 5.91 Å². The minimum absolute atomic E-state index is 0.0871. The van der Waals surface area contributed by atoms with Gasteiger partial charge in [-0.1, -0.05) is 0 Å². The van der Waals surface area contributed by atoms with Crippen LogP contribution in [0, 0.1) is 12.8 Å². The molecule has 0 saturated carbocycles. The number of carbonyl (C=O) groups excluding carboxylic acids is 1. The quantitative estimate of drug-likeness (QED) is 0.865. The molecule has 1 unspecified atom stereocenters. The predicted molar refractivity (Wildman–Crippen MR) is 63.1 cm³/mol. The van der Waals surface area contributed by atoms with E-state index in [1.807, 2.05) is 0 Å². The lowest BCUT2D eigenvalue weighted by Crippen LogP contribution is -2.42. The van der Waals surface area contributed by atoms with Crippen molar-refractivity contribution in [1.29, 1.82) is 0 Å². The summed E-state index contributed by atoms with van der Waals surface area (Å²) in [5.74, 6) is -1.33. The van der Waals surface area contributed by atoms with E-state index in [-0.39, 0.29) is 5.91 Å². The molecule has 1 aliphatic heterocycles. The molecule has 2 rings (SSSR count). The van der Waals surface area contributed by atoms with Crippen LogP contribution in [-0.2, 0) is 4.79 Å². The fourth-order valence-electron chi connectivity index (χ4n) is 2.01. The Labute approximate surface area is 103 Å². The molecule has 17 heavy (non-hydrogen) atoms. The molecular formula is C11H14N2O3S. The summed E-state index contributed by atoms with van der Waals surface area (Å²) >= 11 is 1.31. The van der Waals surface area contributed by atoms with Crippen molar-refractivity contribution >= 4 is 23.2 Å². The molecule has 1 fully saturated rings. The second kappa shape index (κ2) is 4.83. The van der Waals surface area contributed by atoms with E-state index in [1.54, 1.807) is 17.3 Å². The first-order valence-corrected chi connectivity index (χ1v) is 6.39. The van der Waals surface area contributed by atoms with E-state index < -0.39 is 11.9 Å². The van der Waals surface area contributed by atoms with Crippen LogP contribution >= 0.6 is 11.3 Å². The molecule has 0 aromatic carbocycles. The summed E-state index contributed by atoms with van der Waals surface area (Å²) < 4.78 is 0. The van der Waals surface area contributed by atoms with Crippen LogP contribution in [0.15, 0.2) is 5.51 Å². The maximum Gasteiger partial charge on any atom is 0.308 e. The van der Waals surface area contributed by atoms with Gasteiger partial charge in [-0.25, -0.2) is 4.98 Å². The molecule has 1 aromatic rings. The number of thiazole rings is 1. The summed E-state index contributed by atoms with van der Waals surface area (Å²) in [6.07, 6.45) is 1.40. The number of piperidine rings is 1. The van der Waals surface area contributed by atoms with E-state index in [9.17, 15) is 9.59 Å². The lowest BCUT2D eigenvalue weighted by Gasteiger charge is -2.30. The van der Waals surface area contributed by atoms with E-state index in [4.69, 9.17) is 5.11 Å². The average Bonchev–Trinajstić information content (AvgIpc) is 2.74. The Bertz CT molecular complexity index is 444. The first-order valence-electron chi connectivity index (χ1n) is 5.51. The van der Waals surface area contributed by atoms with Crippen LogP contribution in [0.3, 0.4) is 0 Å². The van der Waals surface area contributed by atoms with Crippen molar-refractivity contribution in [1.82, 2.24) is 9.88 Å². The molecule has 2 heterocycles. The van der Waals surface area contributed by atoms with E-state index in [0.717, 1.165) is 12.1 Å². The summed E-state index contributed by atoms with van der Waals surface area (Å²) in [5, 5.41) is 8.98. The third-order valence-corrected chi connectivity index (χ3v) is 3.91. The molecule has 0 bridgehead atoms. The number of hydrogen-bond acceptors (Lipinski definition) is 4. The lowest BCUT2D eigenvalue weighted by molar-refractivity contribution is -0.143. The summed E-state index contributed by atoms with van der Waals surface area (Å²) in [7, 11) is 0. The van der Waals surface area contributed by atoms with Crippen LogP contribution in [0.25, 0.3) is 0 Å². The van der Waals surface area contributed by atoms with Gasteiger partial charge in [0.15, 0.2) is 0 Å². The van der Waals surface area contributed by atoms with Gasteiger partial charge in [-0.2, -0.15) is 0 Å². The molecule has 6 heteroatoms. The zero-order valence-corrected chi connectivity index (χ0v) is 10.4. The third kappa shape index (κ3) is 2.46. The molecule has 1 atom stereocenters. The molecule has 5 nitrogen and oxygen atoms in total. The number of hydrogen-bond donors (Lipinski definition) is 1.